The highest BCUT2D eigenvalue weighted by atomic mass is 16.3. The van der Waals surface area contributed by atoms with Crippen molar-refractivity contribution in [3.05, 3.63) is 48.6 Å². The van der Waals surface area contributed by atoms with Crippen molar-refractivity contribution in [2.24, 2.45) is 0 Å². The van der Waals surface area contributed by atoms with E-state index in [2.05, 4.69) is 55.6 Å². The summed E-state index contributed by atoms with van der Waals surface area (Å²) in [4.78, 5) is 12.2. The summed E-state index contributed by atoms with van der Waals surface area (Å²) >= 11 is 0. The largest absolute Gasteiger partial charge is 0.394 e. The van der Waals surface area contributed by atoms with Gasteiger partial charge in [-0.15, -0.1) is 0 Å². The van der Waals surface area contributed by atoms with Gasteiger partial charge in [-0.2, -0.15) is 0 Å². The van der Waals surface area contributed by atoms with E-state index in [0.29, 0.717) is 6.42 Å². The highest BCUT2D eigenvalue weighted by Crippen LogP contribution is 2.10. The lowest BCUT2D eigenvalue weighted by Gasteiger charge is -2.20. The average molecular weight is 492 g/mol. The van der Waals surface area contributed by atoms with Gasteiger partial charge in [0.05, 0.1) is 31.3 Å². The van der Waals surface area contributed by atoms with Crippen LogP contribution in [0.3, 0.4) is 0 Å². The van der Waals surface area contributed by atoms with Gasteiger partial charge >= 0.3 is 0 Å². The smallest absolute Gasteiger partial charge is 0.222 e. The molecule has 0 heterocycles. The summed E-state index contributed by atoms with van der Waals surface area (Å²) < 4.78 is 0. The minimum absolute atomic E-state index is 0.0114. The molecule has 3 unspecified atom stereocenters. The summed E-state index contributed by atoms with van der Waals surface area (Å²) in [6.45, 7) is 3.98. The van der Waals surface area contributed by atoms with Crippen molar-refractivity contribution >= 4 is 5.91 Å². The third-order valence-corrected chi connectivity index (χ3v) is 5.83. The van der Waals surface area contributed by atoms with Crippen molar-refractivity contribution in [3.8, 4) is 0 Å². The number of hydrogen-bond acceptors (Lipinski definition) is 4. The molecule has 1 amide bonds. The van der Waals surface area contributed by atoms with Gasteiger partial charge in [-0.25, -0.2) is 0 Å². The molecule has 0 saturated heterocycles. The van der Waals surface area contributed by atoms with Crippen LogP contribution in [0.5, 0.6) is 0 Å². The first kappa shape index (κ1) is 33.3. The van der Waals surface area contributed by atoms with Gasteiger partial charge in [-0.05, 0) is 64.2 Å². The van der Waals surface area contributed by atoms with Crippen LogP contribution in [0, 0.1) is 0 Å². The maximum Gasteiger partial charge on any atom is 0.222 e. The van der Waals surface area contributed by atoms with Crippen LogP contribution in [0.15, 0.2) is 48.6 Å². The molecule has 4 N–H and O–H groups in total. The van der Waals surface area contributed by atoms with Crippen molar-refractivity contribution in [1.82, 2.24) is 5.32 Å². The molecule has 3 atom stereocenters. The fraction of sp³-hybridized carbons (Fsp3) is 0.700. The predicted molar refractivity (Wildman–Crippen MR) is 148 cm³/mol. The van der Waals surface area contributed by atoms with Crippen LogP contribution in [0.1, 0.15) is 110 Å². The standard InChI is InChI=1S/C30H53NO4/c1-3-5-7-9-11-13-15-17-19-21-23-27(33)25-30(35)31-28(26-32)29(34)24-22-20-18-16-14-12-10-8-6-4-2/h6,8,11,13-14,16,22,24,27-29,32-34H,3-5,7,9-10,12,15,17-21,23,25-26H2,1-2H3,(H,31,35)/b8-6+,13-11-,16-14+,24-22+. The molecular weight excluding hydrogens is 438 g/mol. The summed E-state index contributed by atoms with van der Waals surface area (Å²) in [5, 5.41) is 32.6. The zero-order valence-electron chi connectivity index (χ0n) is 22.4. The van der Waals surface area contributed by atoms with E-state index in [9.17, 15) is 20.1 Å². The number of allylic oxidation sites excluding steroid dienone is 7. The second-order valence-corrected chi connectivity index (χ2v) is 9.24. The van der Waals surface area contributed by atoms with Crippen molar-refractivity contribution in [1.29, 1.82) is 0 Å². The monoisotopic (exact) mass is 491 g/mol. The molecule has 0 aromatic heterocycles. The molecule has 35 heavy (non-hydrogen) atoms. The number of amides is 1. The first-order valence-electron chi connectivity index (χ1n) is 13.9. The molecule has 0 aliphatic carbocycles. The minimum atomic E-state index is -0.959. The van der Waals surface area contributed by atoms with E-state index in [4.69, 9.17) is 0 Å². The van der Waals surface area contributed by atoms with Crippen LogP contribution < -0.4 is 5.32 Å². The van der Waals surface area contributed by atoms with Gasteiger partial charge in [0.15, 0.2) is 0 Å². The van der Waals surface area contributed by atoms with Gasteiger partial charge in [0.25, 0.3) is 0 Å². The molecule has 0 aromatic rings. The number of aliphatic hydroxyl groups excluding tert-OH is 3. The normalized spacial score (nSPS) is 15.0. The molecule has 0 rings (SSSR count). The Labute approximate surface area is 215 Å². The number of hydrogen-bond donors (Lipinski definition) is 4. The van der Waals surface area contributed by atoms with Crippen LogP contribution in [-0.4, -0.2) is 46.1 Å². The van der Waals surface area contributed by atoms with Gasteiger partial charge in [0.2, 0.25) is 5.91 Å². The lowest BCUT2D eigenvalue weighted by Crippen LogP contribution is -2.45. The zero-order chi connectivity index (χ0) is 26.0. The molecule has 0 radical (unpaired) electrons. The van der Waals surface area contributed by atoms with Crippen molar-refractivity contribution < 1.29 is 20.1 Å². The Morgan fingerprint density at radius 2 is 1.31 bits per heavy atom. The van der Waals surface area contributed by atoms with Gasteiger partial charge in [-0.3, -0.25) is 4.79 Å². The van der Waals surface area contributed by atoms with Crippen LogP contribution in [0.4, 0.5) is 0 Å². The fourth-order valence-corrected chi connectivity index (χ4v) is 3.66. The number of aliphatic hydroxyl groups is 3. The van der Waals surface area contributed by atoms with Crippen molar-refractivity contribution in [2.45, 2.75) is 128 Å². The van der Waals surface area contributed by atoms with Crippen LogP contribution in [0.2, 0.25) is 0 Å². The van der Waals surface area contributed by atoms with Crippen molar-refractivity contribution in [2.75, 3.05) is 6.61 Å². The van der Waals surface area contributed by atoms with E-state index in [1.54, 1.807) is 6.08 Å². The summed E-state index contributed by atoms with van der Waals surface area (Å²) in [7, 11) is 0. The van der Waals surface area contributed by atoms with E-state index in [1.807, 2.05) is 6.08 Å². The second-order valence-electron chi connectivity index (χ2n) is 9.24. The van der Waals surface area contributed by atoms with Gasteiger partial charge in [0.1, 0.15) is 0 Å². The molecule has 0 aliphatic heterocycles. The number of unbranched alkanes of at least 4 members (excludes halogenated alkanes) is 8. The molecule has 0 spiro atoms. The molecule has 0 bridgehead atoms. The lowest BCUT2D eigenvalue weighted by molar-refractivity contribution is -0.124. The van der Waals surface area contributed by atoms with Crippen LogP contribution in [-0.2, 0) is 4.79 Å². The number of nitrogens with one attached hydrogen (secondary N) is 1. The number of carbonyl (C=O) groups excluding carboxylic acids is 1. The van der Waals surface area contributed by atoms with Gasteiger partial charge in [-0.1, -0.05) is 88.1 Å². The minimum Gasteiger partial charge on any atom is -0.394 e. The third kappa shape index (κ3) is 22.5. The molecule has 0 saturated carbocycles. The Morgan fingerprint density at radius 1 is 0.743 bits per heavy atom. The summed E-state index contributed by atoms with van der Waals surface area (Å²) in [5.41, 5.74) is 0. The Balaban J connectivity index is 3.98. The molecule has 202 valence electrons. The quantitative estimate of drug-likeness (QED) is 0.0997. The zero-order valence-corrected chi connectivity index (χ0v) is 22.4. The van der Waals surface area contributed by atoms with Crippen LogP contribution >= 0.6 is 0 Å². The predicted octanol–water partition coefficient (Wildman–Crippen LogP) is 6.30. The topological polar surface area (TPSA) is 89.8 Å². The summed E-state index contributed by atoms with van der Waals surface area (Å²) in [5.74, 6) is -0.348. The summed E-state index contributed by atoms with van der Waals surface area (Å²) in [6, 6.07) is -0.768. The highest BCUT2D eigenvalue weighted by molar-refractivity contribution is 5.76. The molecule has 5 nitrogen and oxygen atoms in total. The van der Waals surface area contributed by atoms with E-state index in [0.717, 1.165) is 64.2 Å². The lowest BCUT2D eigenvalue weighted by atomic mass is 10.1. The number of carbonyl (C=O) groups is 1. The summed E-state index contributed by atoms with van der Waals surface area (Å²) in [6.07, 6.45) is 29.5. The Morgan fingerprint density at radius 3 is 1.91 bits per heavy atom. The molecule has 0 aromatic carbocycles. The Hall–Kier alpha value is -1.69. The fourth-order valence-electron chi connectivity index (χ4n) is 3.66. The first-order chi connectivity index (χ1) is 17.0. The van der Waals surface area contributed by atoms with E-state index >= 15 is 0 Å². The van der Waals surface area contributed by atoms with Crippen LogP contribution in [0.25, 0.3) is 0 Å². The van der Waals surface area contributed by atoms with Gasteiger partial charge < -0.3 is 20.6 Å². The van der Waals surface area contributed by atoms with E-state index in [-0.39, 0.29) is 18.9 Å². The second kappa shape index (κ2) is 25.4. The first-order valence-corrected chi connectivity index (χ1v) is 13.9. The van der Waals surface area contributed by atoms with Crippen molar-refractivity contribution in [3.63, 3.8) is 0 Å². The highest BCUT2D eigenvalue weighted by Gasteiger charge is 2.19. The maximum absolute atomic E-state index is 12.2. The van der Waals surface area contributed by atoms with Gasteiger partial charge in [0, 0.05) is 0 Å². The number of rotatable bonds is 23. The molecule has 5 heteroatoms. The third-order valence-electron chi connectivity index (χ3n) is 5.83. The Kier molecular flexibility index (Phi) is 24.2. The maximum atomic E-state index is 12.2. The SMILES string of the molecule is CC/C=C/CC/C=C/CC/C=C/C(O)C(CO)NC(=O)CC(O)CCCCC/C=C\CCCCC. The van der Waals surface area contributed by atoms with E-state index in [1.165, 1.54) is 19.3 Å². The molecule has 0 aliphatic rings. The molecular formula is C30H53NO4. The molecule has 0 fully saturated rings. The Bertz CT molecular complexity index is 597. The van der Waals surface area contributed by atoms with E-state index < -0.39 is 18.2 Å². The average Bonchev–Trinajstić information content (AvgIpc) is 2.84.